The quantitative estimate of drug-likeness (QED) is 0.614. The van der Waals surface area contributed by atoms with E-state index in [9.17, 15) is 9.18 Å². The summed E-state index contributed by atoms with van der Waals surface area (Å²) in [6.45, 7) is 3.67. The molecule has 0 N–H and O–H groups in total. The second-order valence-electron chi connectivity index (χ2n) is 5.24. The molecule has 0 aromatic heterocycles. The number of hydrogen-bond donors (Lipinski definition) is 0. The Kier molecular flexibility index (Phi) is 3.30. The van der Waals surface area contributed by atoms with Crippen LogP contribution in [0.5, 0.6) is 0 Å². The van der Waals surface area contributed by atoms with Crippen molar-refractivity contribution in [1.82, 2.24) is 0 Å². The van der Waals surface area contributed by atoms with Gasteiger partial charge >= 0.3 is 0 Å². The first-order valence-corrected chi connectivity index (χ1v) is 6.88. The minimum absolute atomic E-state index is 0.129. The Bertz CT molecular complexity index is 849. The normalized spacial score (nSPS) is 10.8. The first-order valence-electron chi connectivity index (χ1n) is 6.88. The molecule has 0 heterocycles. The Morgan fingerprint density at radius 3 is 2.24 bits per heavy atom. The lowest BCUT2D eigenvalue weighted by Gasteiger charge is -2.09. The minimum Gasteiger partial charge on any atom is -0.288 e. The number of ketones is 1. The molecular formula is C19H15FO. The zero-order valence-electron chi connectivity index (χ0n) is 12.0. The molecule has 0 saturated heterocycles. The van der Waals surface area contributed by atoms with Crippen LogP contribution in [-0.4, -0.2) is 5.78 Å². The Labute approximate surface area is 123 Å². The van der Waals surface area contributed by atoms with Gasteiger partial charge in [-0.3, -0.25) is 4.79 Å². The summed E-state index contributed by atoms with van der Waals surface area (Å²) in [6, 6.07) is 16.3. The van der Waals surface area contributed by atoms with Crippen molar-refractivity contribution in [1.29, 1.82) is 0 Å². The smallest absolute Gasteiger partial charge is 0.196 e. The average Bonchev–Trinajstić information content (AvgIpc) is 2.50. The highest BCUT2D eigenvalue weighted by Gasteiger charge is 2.17. The Hall–Kier alpha value is -2.48. The fourth-order valence-corrected chi connectivity index (χ4v) is 2.62. The van der Waals surface area contributed by atoms with Crippen LogP contribution in [0.3, 0.4) is 0 Å². The van der Waals surface area contributed by atoms with Crippen molar-refractivity contribution in [3.8, 4) is 0 Å². The fraction of sp³-hybridized carbons (Fsp3) is 0.105. The fourth-order valence-electron chi connectivity index (χ4n) is 2.62. The zero-order chi connectivity index (χ0) is 15.0. The number of hydrogen-bond acceptors (Lipinski definition) is 1. The molecule has 0 bridgehead atoms. The molecule has 0 aliphatic heterocycles. The highest BCUT2D eigenvalue weighted by Crippen LogP contribution is 2.25. The van der Waals surface area contributed by atoms with Crippen LogP contribution >= 0.6 is 0 Å². The zero-order valence-corrected chi connectivity index (χ0v) is 12.0. The van der Waals surface area contributed by atoms with Crippen LogP contribution in [0, 0.1) is 19.7 Å². The maximum atomic E-state index is 14.2. The summed E-state index contributed by atoms with van der Waals surface area (Å²) in [5.74, 6) is -0.709. The number of carbonyl (C=O) groups excluding carboxylic acids is 1. The SMILES string of the molecule is Cc1cccc(C(=O)c2ccc(C)c3ccccc23)c1F. The predicted molar refractivity (Wildman–Crippen MR) is 83.3 cm³/mol. The summed E-state index contributed by atoms with van der Waals surface area (Å²) >= 11 is 0. The lowest BCUT2D eigenvalue weighted by atomic mass is 9.94. The van der Waals surface area contributed by atoms with Crippen LogP contribution in [0.15, 0.2) is 54.6 Å². The molecule has 0 aliphatic carbocycles. The highest BCUT2D eigenvalue weighted by atomic mass is 19.1. The van der Waals surface area contributed by atoms with Gasteiger partial charge in [-0.15, -0.1) is 0 Å². The number of halogens is 1. The number of fused-ring (bicyclic) bond motifs is 1. The van der Waals surface area contributed by atoms with Gasteiger partial charge in [0.15, 0.2) is 5.78 Å². The summed E-state index contributed by atoms with van der Waals surface area (Å²) in [4.78, 5) is 12.7. The number of aryl methyl sites for hydroxylation is 2. The van der Waals surface area contributed by atoms with Crippen molar-refractivity contribution in [2.24, 2.45) is 0 Å². The first-order chi connectivity index (χ1) is 10.1. The van der Waals surface area contributed by atoms with Gasteiger partial charge in [0.1, 0.15) is 5.82 Å². The van der Waals surface area contributed by atoms with Gasteiger partial charge in [-0.2, -0.15) is 0 Å². The molecular weight excluding hydrogens is 263 g/mol. The van der Waals surface area contributed by atoms with Crippen molar-refractivity contribution in [2.75, 3.05) is 0 Å². The molecule has 3 aromatic carbocycles. The van der Waals surface area contributed by atoms with Crippen molar-refractivity contribution in [3.05, 3.63) is 82.7 Å². The van der Waals surface area contributed by atoms with Gasteiger partial charge in [-0.25, -0.2) is 4.39 Å². The van der Waals surface area contributed by atoms with Crippen LogP contribution in [-0.2, 0) is 0 Å². The van der Waals surface area contributed by atoms with Gasteiger partial charge in [0.25, 0.3) is 0 Å². The van der Waals surface area contributed by atoms with E-state index in [2.05, 4.69) is 0 Å². The standard InChI is InChI=1S/C19H15FO/c1-12-10-11-16(15-8-4-3-7-14(12)15)19(21)17-9-5-6-13(2)18(17)20/h3-11H,1-2H3. The lowest BCUT2D eigenvalue weighted by Crippen LogP contribution is -2.06. The van der Waals surface area contributed by atoms with E-state index in [0.29, 0.717) is 11.1 Å². The van der Waals surface area contributed by atoms with Crippen molar-refractivity contribution >= 4 is 16.6 Å². The summed E-state index contributed by atoms with van der Waals surface area (Å²) in [6.07, 6.45) is 0. The number of carbonyl (C=O) groups is 1. The third-order valence-electron chi connectivity index (χ3n) is 3.82. The molecule has 0 aliphatic rings. The van der Waals surface area contributed by atoms with E-state index in [4.69, 9.17) is 0 Å². The van der Waals surface area contributed by atoms with Gasteiger partial charge < -0.3 is 0 Å². The largest absolute Gasteiger partial charge is 0.288 e. The number of benzene rings is 3. The Morgan fingerprint density at radius 2 is 1.48 bits per heavy atom. The molecule has 104 valence electrons. The molecule has 0 spiro atoms. The maximum absolute atomic E-state index is 14.2. The van der Waals surface area contributed by atoms with E-state index in [1.54, 1.807) is 31.2 Å². The van der Waals surface area contributed by atoms with Crippen LogP contribution in [0.2, 0.25) is 0 Å². The maximum Gasteiger partial charge on any atom is 0.196 e. The van der Waals surface area contributed by atoms with Gasteiger partial charge in [0, 0.05) is 5.56 Å². The summed E-state index contributed by atoms with van der Waals surface area (Å²) in [7, 11) is 0. The predicted octanol–water partition coefficient (Wildman–Crippen LogP) is 4.83. The number of rotatable bonds is 2. The molecule has 2 heteroatoms. The molecule has 0 atom stereocenters. The van der Waals surface area contributed by atoms with Crippen LogP contribution in [0.1, 0.15) is 27.0 Å². The van der Waals surface area contributed by atoms with Crippen molar-refractivity contribution < 1.29 is 9.18 Å². The molecule has 0 saturated carbocycles. The van der Waals surface area contributed by atoms with E-state index in [1.807, 2.05) is 37.3 Å². The molecule has 1 nitrogen and oxygen atoms in total. The van der Waals surface area contributed by atoms with E-state index in [0.717, 1.165) is 16.3 Å². The van der Waals surface area contributed by atoms with Gasteiger partial charge in [-0.1, -0.05) is 48.5 Å². The summed E-state index contributed by atoms with van der Waals surface area (Å²) in [5, 5.41) is 1.89. The van der Waals surface area contributed by atoms with E-state index < -0.39 is 5.82 Å². The van der Waals surface area contributed by atoms with Crippen LogP contribution < -0.4 is 0 Å². The third-order valence-corrected chi connectivity index (χ3v) is 3.82. The highest BCUT2D eigenvalue weighted by molar-refractivity contribution is 6.16. The average molecular weight is 278 g/mol. The summed E-state index contributed by atoms with van der Waals surface area (Å²) < 4.78 is 14.2. The summed E-state index contributed by atoms with van der Waals surface area (Å²) in [5.41, 5.74) is 2.26. The second-order valence-corrected chi connectivity index (χ2v) is 5.24. The van der Waals surface area contributed by atoms with Crippen LogP contribution in [0.4, 0.5) is 4.39 Å². The second kappa shape index (κ2) is 5.13. The molecule has 0 amide bonds. The van der Waals surface area contributed by atoms with Crippen LogP contribution in [0.25, 0.3) is 10.8 Å². The van der Waals surface area contributed by atoms with Gasteiger partial charge in [0.2, 0.25) is 0 Å². The first kappa shape index (κ1) is 13.5. The van der Waals surface area contributed by atoms with Gasteiger partial charge in [0.05, 0.1) is 5.56 Å². The lowest BCUT2D eigenvalue weighted by molar-refractivity contribution is 0.103. The molecule has 0 radical (unpaired) electrons. The molecule has 0 unspecified atom stereocenters. The van der Waals surface area contributed by atoms with Crippen molar-refractivity contribution in [2.45, 2.75) is 13.8 Å². The Balaban J connectivity index is 2.23. The van der Waals surface area contributed by atoms with E-state index in [1.165, 1.54) is 0 Å². The minimum atomic E-state index is -0.438. The Morgan fingerprint density at radius 1 is 0.762 bits per heavy atom. The topological polar surface area (TPSA) is 17.1 Å². The van der Waals surface area contributed by atoms with E-state index >= 15 is 0 Å². The van der Waals surface area contributed by atoms with E-state index in [-0.39, 0.29) is 11.3 Å². The monoisotopic (exact) mass is 278 g/mol. The van der Waals surface area contributed by atoms with Gasteiger partial charge in [-0.05, 0) is 41.8 Å². The molecule has 3 rings (SSSR count). The van der Waals surface area contributed by atoms with Crippen molar-refractivity contribution in [3.63, 3.8) is 0 Å². The molecule has 0 fully saturated rings. The molecule has 3 aromatic rings. The third kappa shape index (κ3) is 2.23. The molecule has 21 heavy (non-hydrogen) atoms.